The number of amides is 4. The fourth-order valence-electron chi connectivity index (χ4n) is 7.03. The maximum Gasteiger partial charge on any atom is 0.419 e. The average molecular weight is 878 g/mol. The molecule has 1 aliphatic rings. The molecule has 1 fully saturated rings. The maximum absolute atomic E-state index is 12.9. The van der Waals surface area contributed by atoms with Crippen LogP contribution in [0.4, 0.5) is 14.4 Å². The van der Waals surface area contributed by atoms with Gasteiger partial charge in [0.25, 0.3) is 0 Å². The van der Waals surface area contributed by atoms with Crippen molar-refractivity contribution in [2.24, 2.45) is 7.05 Å². The molecule has 338 valence electrons. The SMILES string of the molecule is CC(C)(C)OC(=O)NCCN(CC(=O)c1ccc2[nH]c(=O)oc2c1)C(=O)OCc1ccccc1.Cn1c(=O)oc2cc(C3CNCCN3C(=O)NCCCCc3ccccc3)ccc21. The van der Waals surface area contributed by atoms with Gasteiger partial charge in [-0.3, -0.25) is 19.2 Å². The molecule has 17 heteroatoms. The van der Waals surface area contributed by atoms with E-state index in [0.717, 1.165) is 42.5 Å². The molecular formula is C47H55N7O10. The van der Waals surface area contributed by atoms with Crippen molar-refractivity contribution in [2.45, 2.75) is 58.3 Å². The van der Waals surface area contributed by atoms with Crippen molar-refractivity contribution >= 4 is 46.2 Å². The second-order valence-corrected chi connectivity index (χ2v) is 16.3. The van der Waals surface area contributed by atoms with E-state index in [0.29, 0.717) is 30.7 Å². The second-order valence-electron chi connectivity index (χ2n) is 16.3. The van der Waals surface area contributed by atoms with Gasteiger partial charge in [-0.25, -0.2) is 24.0 Å². The summed E-state index contributed by atoms with van der Waals surface area (Å²) in [5.41, 5.74) is 4.67. The lowest BCUT2D eigenvalue weighted by molar-refractivity contribution is 0.0515. The minimum Gasteiger partial charge on any atom is -0.445 e. The number of urea groups is 1. The number of aromatic amines is 1. The third kappa shape index (κ3) is 13.2. The highest BCUT2D eigenvalue weighted by Gasteiger charge is 2.28. The zero-order chi connectivity index (χ0) is 45.6. The van der Waals surface area contributed by atoms with E-state index in [1.54, 1.807) is 33.9 Å². The molecule has 7 rings (SSSR count). The van der Waals surface area contributed by atoms with E-state index in [1.807, 2.05) is 59.5 Å². The summed E-state index contributed by atoms with van der Waals surface area (Å²) in [6, 6.07) is 29.6. The zero-order valence-corrected chi connectivity index (χ0v) is 36.5. The number of ketones is 1. The number of aryl methyl sites for hydroxylation is 2. The number of ether oxygens (including phenoxy) is 2. The van der Waals surface area contributed by atoms with Crippen molar-refractivity contribution < 1.29 is 37.5 Å². The highest BCUT2D eigenvalue weighted by Crippen LogP contribution is 2.26. The summed E-state index contributed by atoms with van der Waals surface area (Å²) < 4.78 is 22.4. The average Bonchev–Trinajstić information content (AvgIpc) is 3.80. The van der Waals surface area contributed by atoms with E-state index in [2.05, 4.69) is 45.2 Å². The number of hydrogen-bond donors (Lipinski definition) is 4. The molecule has 64 heavy (non-hydrogen) atoms. The fourth-order valence-corrected chi connectivity index (χ4v) is 7.03. The largest absolute Gasteiger partial charge is 0.445 e. The molecule has 6 aromatic rings. The molecule has 4 N–H and O–H groups in total. The quantitative estimate of drug-likeness (QED) is 0.0707. The number of alkyl carbamates (subject to hydrolysis) is 1. The molecule has 4 aromatic carbocycles. The van der Waals surface area contributed by atoms with Crippen LogP contribution in [0.2, 0.25) is 0 Å². The van der Waals surface area contributed by atoms with Crippen molar-refractivity contribution in [3.63, 3.8) is 0 Å². The van der Waals surface area contributed by atoms with Crippen LogP contribution in [-0.4, -0.2) is 94.8 Å². The molecule has 0 radical (unpaired) electrons. The number of H-pyrrole nitrogens is 1. The lowest BCUT2D eigenvalue weighted by Crippen LogP contribution is -2.52. The van der Waals surface area contributed by atoms with Crippen LogP contribution in [0.1, 0.15) is 66.7 Å². The number of piperazine rings is 1. The Labute approximate surface area is 369 Å². The van der Waals surface area contributed by atoms with E-state index in [1.165, 1.54) is 27.2 Å². The summed E-state index contributed by atoms with van der Waals surface area (Å²) in [6.45, 7) is 7.74. The predicted octanol–water partition coefficient (Wildman–Crippen LogP) is 6.28. The number of hydrogen-bond acceptors (Lipinski definition) is 11. The topological polar surface area (TPSA) is 210 Å². The van der Waals surface area contributed by atoms with Gasteiger partial charge in [0.05, 0.1) is 23.6 Å². The Morgan fingerprint density at radius 1 is 0.844 bits per heavy atom. The zero-order valence-electron chi connectivity index (χ0n) is 36.5. The number of nitrogens with one attached hydrogen (secondary N) is 4. The number of oxazole rings is 2. The summed E-state index contributed by atoms with van der Waals surface area (Å²) in [6.07, 6.45) is 1.66. The third-order valence-electron chi connectivity index (χ3n) is 10.3. The first-order valence-electron chi connectivity index (χ1n) is 21.2. The number of rotatable bonds is 14. The number of unbranched alkanes of at least 4 members (excludes halogenated alkanes) is 1. The Bertz CT molecular complexity index is 2630. The van der Waals surface area contributed by atoms with Crippen LogP contribution in [0.15, 0.2) is 115 Å². The van der Waals surface area contributed by atoms with Gasteiger partial charge in [0.15, 0.2) is 16.9 Å². The molecule has 1 atom stereocenters. The second kappa shape index (κ2) is 21.8. The summed E-state index contributed by atoms with van der Waals surface area (Å²) in [7, 11) is 1.69. The Hall–Kier alpha value is -7.14. The summed E-state index contributed by atoms with van der Waals surface area (Å²) >= 11 is 0. The number of nitrogens with zero attached hydrogens (tertiary/aromatic N) is 3. The first-order chi connectivity index (χ1) is 30.7. The number of Topliss-reactive ketones (excluding diaryl/α,β-unsaturated/α-hetero) is 1. The third-order valence-corrected chi connectivity index (χ3v) is 10.3. The minimum atomic E-state index is -0.711. The van der Waals surface area contributed by atoms with Crippen molar-refractivity contribution in [3.05, 3.63) is 140 Å². The molecule has 4 amide bonds. The smallest absolute Gasteiger partial charge is 0.419 e. The number of carbonyl (C=O) groups is 4. The van der Waals surface area contributed by atoms with Crippen LogP contribution in [0, 0.1) is 0 Å². The first-order valence-corrected chi connectivity index (χ1v) is 21.2. The van der Waals surface area contributed by atoms with Gasteiger partial charge in [0.2, 0.25) is 0 Å². The minimum absolute atomic E-state index is 0.0140. The number of fused-ring (bicyclic) bond motifs is 2. The van der Waals surface area contributed by atoms with Crippen LogP contribution in [0.5, 0.6) is 0 Å². The van der Waals surface area contributed by atoms with Gasteiger partial charge in [-0.2, -0.15) is 0 Å². The van der Waals surface area contributed by atoms with Crippen LogP contribution < -0.4 is 27.5 Å². The van der Waals surface area contributed by atoms with Crippen molar-refractivity contribution in [1.29, 1.82) is 0 Å². The molecule has 0 spiro atoms. The maximum atomic E-state index is 12.9. The molecule has 0 aliphatic carbocycles. The molecular weight excluding hydrogens is 823 g/mol. The number of carbonyl (C=O) groups excluding carboxylic acids is 4. The lowest BCUT2D eigenvalue weighted by Gasteiger charge is -2.36. The van der Waals surface area contributed by atoms with Gasteiger partial charge in [-0.05, 0) is 87.1 Å². The van der Waals surface area contributed by atoms with Crippen LogP contribution in [0.25, 0.3) is 22.2 Å². The normalized spacial score (nSPS) is 13.8. The Morgan fingerprint density at radius 3 is 2.31 bits per heavy atom. The molecule has 0 bridgehead atoms. The molecule has 1 saturated heterocycles. The van der Waals surface area contributed by atoms with E-state index in [9.17, 15) is 28.8 Å². The Balaban J connectivity index is 0.000000214. The van der Waals surface area contributed by atoms with E-state index in [-0.39, 0.29) is 61.0 Å². The van der Waals surface area contributed by atoms with Crippen molar-refractivity contribution in [1.82, 2.24) is 35.3 Å². The van der Waals surface area contributed by atoms with Gasteiger partial charge < -0.3 is 39.2 Å². The standard InChI is InChI=1S/C24H27N3O7.C23H28N4O3/c1-24(2,3)34-21(29)25-11-12-27(23(31)32-15-16-7-5-4-6-8-16)14-19(28)17-9-10-18-20(13-17)33-22(30)26-18;1-26-19-11-10-18(15-21(19)30-23(26)29)20-16-24-13-14-27(20)22(28)25-12-6-5-9-17-7-3-2-4-8-17/h4-10,13H,11-12,14-15H2,1-3H3,(H,25,29)(H,26,30);2-4,7-8,10-11,15,20,24H,5-6,9,12-14,16H2,1H3,(H,25,28). The van der Waals surface area contributed by atoms with Crippen molar-refractivity contribution in [2.75, 3.05) is 45.8 Å². The number of aromatic nitrogens is 2. The van der Waals surface area contributed by atoms with Crippen LogP contribution in [-0.2, 0) is 29.5 Å². The molecule has 1 aliphatic heterocycles. The summed E-state index contributed by atoms with van der Waals surface area (Å²) in [5.74, 6) is -1.40. The van der Waals surface area contributed by atoms with E-state index >= 15 is 0 Å². The van der Waals surface area contributed by atoms with Gasteiger partial charge in [0, 0.05) is 51.9 Å². The predicted molar refractivity (Wildman–Crippen MR) is 240 cm³/mol. The molecule has 3 heterocycles. The Kier molecular flexibility index (Phi) is 15.8. The van der Waals surface area contributed by atoms with Gasteiger partial charge in [-0.1, -0.05) is 66.7 Å². The van der Waals surface area contributed by atoms with Crippen LogP contribution in [0.3, 0.4) is 0 Å². The number of benzene rings is 4. The monoisotopic (exact) mass is 877 g/mol. The fraction of sp³-hybridized carbons (Fsp3) is 0.362. The van der Waals surface area contributed by atoms with Gasteiger partial charge in [-0.15, -0.1) is 0 Å². The molecule has 0 saturated carbocycles. The first kappa shape index (κ1) is 46.4. The lowest BCUT2D eigenvalue weighted by atomic mass is 10.0. The van der Waals surface area contributed by atoms with Gasteiger partial charge >= 0.3 is 29.7 Å². The van der Waals surface area contributed by atoms with E-state index < -0.39 is 23.5 Å². The van der Waals surface area contributed by atoms with Gasteiger partial charge in [0.1, 0.15) is 12.2 Å². The highest BCUT2D eigenvalue weighted by molar-refractivity contribution is 6.01. The highest BCUT2D eigenvalue weighted by atomic mass is 16.6. The summed E-state index contributed by atoms with van der Waals surface area (Å²) in [4.78, 5) is 79.1. The van der Waals surface area contributed by atoms with Crippen LogP contribution >= 0.6 is 0 Å². The molecule has 1 unspecified atom stereocenters. The molecule has 2 aromatic heterocycles. The molecule has 17 nitrogen and oxygen atoms in total. The summed E-state index contributed by atoms with van der Waals surface area (Å²) in [5, 5.41) is 8.99. The van der Waals surface area contributed by atoms with E-state index in [4.69, 9.17) is 18.3 Å². The van der Waals surface area contributed by atoms with Crippen molar-refractivity contribution in [3.8, 4) is 0 Å². The Morgan fingerprint density at radius 2 is 1.58 bits per heavy atom.